The fourth-order valence-electron chi connectivity index (χ4n) is 1.88. The molecular weight excluding hydrogens is 305 g/mol. The molecule has 0 spiro atoms. The van der Waals surface area contributed by atoms with Crippen LogP contribution in [0.1, 0.15) is 12.0 Å². The Balaban J connectivity index is 2.59. The fourth-order valence-corrected chi connectivity index (χ4v) is 2.09. The lowest BCUT2D eigenvalue weighted by atomic mass is 9.88. The number of carbonyl (C=O) groups is 1. The van der Waals surface area contributed by atoms with E-state index in [0.717, 1.165) is 12.1 Å². The maximum Gasteiger partial charge on any atom is 0.573 e. The van der Waals surface area contributed by atoms with Crippen LogP contribution in [0.4, 0.5) is 13.2 Å². The van der Waals surface area contributed by atoms with Crippen LogP contribution in [0.2, 0.25) is 5.02 Å². The molecule has 0 aliphatic carbocycles. The molecule has 1 aromatic carbocycles. The molecule has 1 heterocycles. The van der Waals surface area contributed by atoms with Gasteiger partial charge in [0.25, 0.3) is 0 Å². The first kappa shape index (κ1) is 14.7. The number of carboxylic acid groups (broad SMARTS) is 1. The second kappa shape index (κ2) is 4.71. The Hall–Kier alpha value is -1.67. The van der Waals surface area contributed by atoms with Crippen LogP contribution in [0.5, 0.6) is 11.5 Å². The molecule has 20 heavy (non-hydrogen) atoms. The molecule has 0 saturated carbocycles. The van der Waals surface area contributed by atoms with Gasteiger partial charge in [0, 0.05) is 23.1 Å². The number of benzene rings is 1. The molecule has 0 saturated heterocycles. The Morgan fingerprint density at radius 3 is 2.65 bits per heavy atom. The van der Waals surface area contributed by atoms with Crippen LogP contribution in [-0.4, -0.2) is 29.2 Å². The van der Waals surface area contributed by atoms with Gasteiger partial charge in [0.1, 0.15) is 0 Å². The molecule has 1 aliphatic heterocycles. The van der Waals surface area contributed by atoms with Gasteiger partial charge in [-0.05, 0) is 6.07 Å². The lowest BCUT2D eigenvalue weighted by Gasteiger charge is -2.31. The summed E-state index contributed by atoms with van der Waals surface area (Å²) in [7, 11) is 0. The Labute approximate surface area is 115 Å². The average molecular weight is 313 g/mol. The van der Waals surface area contributed by atoms with E-state index in [-0.39, 0.29) is 23.6 Å². The quantitative estimate of drug-likeness (QED) is 0.876. The summed E-state index contributed by atoms with van der Waals surface area (Å²) in [5, 5.41) is 18.9. The first-order valence-electron chi connectivity index (χ1n) is 5.32. The standard InChI is InChI=1S/C11H8ClF3O5/c12-5-3-6-8(7(4-5)20-11(13,14)15)19-2-1-10(6,18)9(16)17/h3-4,18H,1-2H2,(H,16,17). The Kier molecular flexibility index (Phi) is 3.47. The molecule has 0 aromatic heterocycles. The van der Waals surface area contributed by atoms with E-state index in [2.05, 4.69) is 4.74 Å². The average Bonchev–Trinajstić information content (AvgIpc) is 2.28. The van der Waals surface area contributed by atoms with Crippen LogP contribution in [0.25, 0.3) is 0 Å². The molecule has 110 valence electrons. The van der Waals surface area contributed by atoms with E-state index in [0.29, 0.717) is 0 Å². The molecular formula is C11H8ClF3O5. The van der Waals surface area contributed by atoms with Gasteiger partial charge in [0.15, 0.2) is 17.1 Å². The number of ether oxygens (including phenoxy) is 2. The van der Waals surface area contributed by atoms with Crippen molar-refractivity contribution in [3.8, 4) is 11.5 Å². The van der Waals surface area contributed by atoms with E-state index in [4.69, 9.17) is 21.4 Å². The second-order valence-corrected chi connectivity index (χ2v) is 4.53. The minimum Gasteiger partial charge on any atom is -0.489 e. The van der Waals surface area contributed by atoms with Gasteiger partial charge in [-0.3, -0.25) is 0 Å². The van der Waals surface area contributed by atoms with Gasteiger partial charge in [0.05, 0.1) is 6.61 Å². The van der Waals surface area contributed by atoms with Gasteiger partial charge in [-0.1, -0.05) is 11.6 Å². The Morgan fingerprint density at radius 2 is 2.10 bits per heavy atom. The van der Waals surface area contributed by atoms with Gasteiger partial charge in [0.2, 0.25) is 0 Å². The number of halogens is 4. The zero-order chi connectivity index (χ0) is 15.1. The highest BCUT2D eigenvalue weighted by atomic mass is 35.5. The van der Waals surface area contributed by atoms with E-state index in [1.807, 2.05) is 0 Å². The van der Waals surface area contributed by atoms with Crippen molar-refractivity contribution in [2.24, 2.45) is 0 Å². The maximum absolute atomic E-state index is 12.3. The monoisotopic (exact) mass is 312 g/mol. The number of alkyl halides is 3. The molecule has 1 aromatic rings. The topological polar surface area (TPSA) is 76.0 Å². The van der Waals surface area contributed by atoms with Crippen molar-refractivity contribution >= 4 is 17.6 Å². The molecule has 1 aliphatic rings. The minimum atomic E-state index is -5.00. The number of carboxylic acids is 1. The van der Waals surface area contributed by atoms with E-state index < -0.39 is 29.4 Å². The van der Waals surface area contributed by atoms with Crippen LogP contribution in [0.15, 0.2) is 12.1 Å². The highest BCUT2D eigenvalue weighted by Gasteiger charge is 2.45. The van der Waals surface area contributed by atoms with Crippen LogP contribution in [-0.2, 0) is 10.4 Å². The number of rotatable bonds is 2. The summed E-state index contributed by atoms with van der Waals surface area (Å²) in [6.07, 6.45) is -5.32. The summed E-state index contributed by atoms with van der Waals surface area (Å²) >= 11 is 5.64. The predicted octanol–water partition coefficient (Wildman–Crippen LogP) is 2.29. The van der Waals surface area contributed by atoms with Gasteiger partial charge >= 0.3 is 12.3 Å². The van der Waals surface area contributed by atoms with Crippen LogP contribution in [0.3, 0.4) is 0 Å². The smallest absolute Gasteiger partial charge is 0.489 e. The summed E-state index contributed by atoms with van der Waals surface area (Å²) in [5.74, 6) is -2.88. The van der Waals surface area contributed by atoms with Crippen molar-refractivity contribution in [2.75, 3.05) is 6.61 Å². The highest BCUT2D eigenvalue weighted by molar-refractivity contribution is 6.31. The van der Waals surface area contributed by atoms with E-state index >= 15 is 0 Å². The summed E-state index contributed by atoms with van der Waals surface area (Å²) in [6.45, 7) is -0.272. The SMILES string of the molecule is O=C(O)C1(O)CCOc2c(OC(F)(F)F)cc(Cl)cc21. The molecule has 1 atom stereocenters. The number of aliphatic hydroxyl groups is 1. The minimum absolute atomic E-state index is 0.215. The zero-order valence-corrected chi connectivity index (χ0v) is 10.5. The Morgan fingerprint density at radius 1 is 1.45 bits per heavy atom. The van der Waals surface area contributed by atoms with E-state index in [9.17, 15) is 23.1 Å². The molecule has 9 heteroatoms. The first-order chi connectivity index (χ1) is 9.13. The van der Waals surface area contributed by atoms with Gasteiger partial charge in [-0.25, -0.2) is 4.79 Å². The normalized spacial score (nSPS) is 21.9. The summed E-state index contributed by atoms with van der Waals surface area (Å²) < 4.78 is 45.6. The van der Waals surface area contributed by atoms with E-state index in [1.54, 1.807) is 0 Å². The summed E-state index contributed by atoms with van der Waals surface area (Å²) in [6, 6.07) is 1.87. The van der Waals surface area contributed by atoms with Crippen molar-refractivity contribution in [2.45, 2.75) is 18.4 Å². The van der Waals surface area contributed by atoms with Crippen LogP contribution >= 0.6 is 11.6 Å². The van der Waals surface area contributed by atoms with Gasteiger partial charge in [-0.2, -0.15) is 0 Å². The van der Waals surface area contributed by atoms with Crippen molar-refractivity contribution in [1.29, 1.82) is 0 Å². The van der Waals surface area contributed by atoms with Crippen molar-refractivity contribution < 1.29 is 37.7 Å². The van der Waals surface area contributed by atoms with Crippen molar-refractivity contribution in [1.82, 2.24) is 0 Å². The summed E-state index contributed by atoms with van der Waals surface area (Å²) in [4.78, 5) is 11.1. The maximum atomic E-state index is 12.3. The third-order valence-electron chi connectivity index (χ3n) is 2.75. The predicted molar refractivity (Wildman–Crippen MR) is 59.8 cm³/mol. The Bertz CT molecular complexity index is 560. The number of aliphatic carboxylic acids is 1. The second-order valence-electron chi connectivity index (χ2n) is 4.09. The molecule has 1 unspecified atom stereocenters. The molecule has 0 amide bonds. The highest BCUT2D eigenvalue weighted by Crippen LogP contribution is 2.46. The summed E-state index contributed by atoms with van der Waals surface area (Å²) in [5.41, 5.74) is -2.75. The molecule has 0 radical (unpaired) electrons. The number of hydrogen-bond donors (Lipinski definition) is 2. The van der Waals surface area contributed by atoms with Crippen LogP contribution < -0.4 is 9.47 Å². The third kappa shape index (κ3) is 2.61. The lowest BCUT2D eigenvalue weighted by molar-refractivity contribution is -0.275. The molecule has 0 fully saturated rings. The van der Waals surface area contributed by atoms with Crippen LogP contribution in [0, 0.1) is 0 Å². The van der Waals surface area contributed by atoms with Crippen molar-refractivity contribution in [3.05, 3.63) is 22.7 Å². The van der Waals surface area contributed by atoms with Gasteiger partial charge < -0.3 is 19.7 Å². The van der Waals surface area contributed by atoms with Gasteiger partial charge in [-0.15, -0.1) is 13.2 Å². The molecule has 2 rings (SSSR count). The zero-order valence-electron chi connectivity index (χ0n) is 9.70. The third-order valence-corrected chi connectivity index (χ3v) is 2.97. The molecule has 5 nitrogen and oxygen atoms in total. The molecule has 2 N–H and O–H groups in total. The van der Waals surface area contributed by atoms with Crippen molar-refractivity contribution in [3.63, 3.8) is 0 Å². The molecule has 0 bridgehead atoms. The lowest BCUT2D eigenvalue weighted by Crippen LogP contribution is -2.40. The largest absolute Gasteiger partial charge is 0.573 e. The number of hydrogen-bond acceptors (Lipinski definition) is 4. The number of fused-ring (bicyclic) bond motifs is 1. The first-order valence-corrected chi connectivity index (χ1v) is 5.69. The van der Waals surface area contributed by atoms with E-state index in [1.165, 1.54) is 0 Å². The fraction of sp³-hybridized carbons (Fsp3) is 0.364.